The highest BCUT2D eigenvalue weighted by Gasteiger charge is 2.14. The van der Waals surface area contributed by atoms with Crippen molar-refractivity contribution in [1.82, 2.24) is 4.90 Å². The maximum atomic E-state index is 12.6. The third-order valence-electron chi connectivity index (χ3n) is 7.83. The first kappa shape index (κ1) is 40.8. The minimum Gasteiger partial charge on any atom is -0.463 e. The molecule has 8 heteroatoms. The van der Waals surface area contributed by atoms with Crippen molar-refractivity contribution < 1.29 is 34.4 Å². The Morgan fingerprint density at radius 1 is 0.619 bits per heavy atom. The third kappa shape index (κ3) is 27.6. The summed E-state index contributed by atoms with van der Waals surface area (Å²) >= 11 is 0. The van der Waals surface area contributed by atoms with E-state index in [1.54, 1.807) is 0 Å². The molecule has 3 N–H and O–H groups in total. The van der Waals surface area contributed by atoms with Crippen LogP contribution in [0.25, 0.3) is 0 Å². The lowest BCUT2D eigenvalue weighted by Crippen LogP contribution is -2.29. The van der Waals surface area contributed by atoms with E-state index in [0.29, 0.717) is 25.9 Å². The van der Waals surface area contributed by atoms with Gasteiger partial charge in [-0.15, -0.1) is 0 Å². The smallest absolute Gasteiger partial charge is 0.306 e. The van der Waals surface area contributed by atoms with E-state index in [-0.39, 0.29) is 37.7 Å². The van der Waals surface area contributed by atoms with Gasteiger partial charge in [0.1, 0.15) is 18.8 Å². The van der Waals surface area contributed by atoms with Crippen LogP contribution in [0.15, 0.2) is 0 Å². The summed E-state index contributed by atoms with van der Waals surface area (Å²) in [6.07, 6.45) is 22.6. The maximum absolute atomic E-state index is 12.6. The zero-order chi connectivity index (χ0) is 31.1. The number of hydrogen-bond donors (Lipinski definition) is 3. The average Bonchev–Trinajstić information content (AvgIpc) is 2.98. The van der Waals surface area contributed by atoms with Crippen molar-refractivity contribution in [2.75, 3.05) is 39.5 Å². The van der Waals surface area contributed by atoms with Gasteiger partial charge in [-0.25, -0.2) is 0 Å². The summed E-state index contributed by atoms with van der Waals surface area (Å²) < 4.78 is 10.9. The van der Waals surface area contributed by atoms with Crippen LogP contribution in [0.5, 0.6) is 0 Å². The van der Waals surface area contributed by atoms with Gasteiger partial charge in [0.15, 0.2) is 0 Å². The molecule has 250 valence electrons. The summed E-state index contributed by atoms with van der Waals surface area (Å²) in [7, 11) is 0. The predicted molar refractivity (Wildman–Crippen MR) is 170 cm³/mol. The second-order valence-corrected chi connectivity index (χ2v) is 11.9. The van der Waals surface area contributed by atoms with Crippen LogP contribution in [0.4, 0.5) is 0 Å². The highest BCUT2D eigenvalue weighted by atomic mass is 16.5. The van der Waals surface area contributed by atoms with E-state index in [4.69, 9.17) is 14.6 Å². The maximum Gasteiger partial charge on any atom is 0.306 e. The summed E-state index contributed by atoms with van der Waals surface area (Å²) in [6.45, 7) is 6.07. The van der Waals surface area contributed by atoms with Gasteiger partial charge in [0.2, 0.25) is 0 Å². The van der Waals surface area contributed by atoms with E-state index in [2.05, 4.69) is 18.7 Å². The van der Waals surface area contributed by atoms with Crippen molar-refractivity contribution in [2.24, 2.45) is 0 Å². The lowest BCUT2D eigenvalue weighted by Gasteiger charge is -2.21. The van der Waals surface area contributed by atoms with Crippen molar-refractivity contribution in [2.45, 2.75) is 167 Å². The Balaban J connectivity index is 4.12. The molecule has 0 aromatic carbocycles. The Hall–Kier alpha value is -1.22. The van der Waals surface area contributed by atoms with Gasteiger partial charge < -0.3 is 29.7 Å². The predicted octanol–water partition coefficient (Wildman–Crippen LogP) is 6.71. The fourth-order valence-electron chi connectivity index (χ4n) is 5.18. The normalized spacial score (nSPS) is 12.3. The van der Waals surface area contributed by atoms with E-state index < -0.39 is 12.7 Å². The molecule has 0 aromatic heterocycles. The molecular formula is C34H67NO7. The van der Waals surface area contributed by atoms with Crippen LogP contribution >= 0.6 is 0 Å². The van der Waals surface area contributed by atoms with Crippen LogP contribution in [-0.4, -0.2) is 83.8 Å². The molecule has 1 atom stereocenters. The number of rotatable bonds is 32. The van der Waals surface area contributed by atoms with E-state index in [0.717, 1.165) is 64.3 Å². The Bertz CT molecular complexity index is 588. The molecule has 0 bridgehead atoms. The van der Waals surface area contributed by atoms with Crippen LogP contribution in [0, 0.1) is 0 Å². The average molecular weight is 602 g/mol. The number of unbranched alkanes of at least 4 members (excludes halogenated alkanes) is 14. The van der Waals surface area contributed by atoms with Crippen molar-refractivity contribution in [3.05, 3.63) is 0 Å². The first-order chi connectivity index (χ1) is 20.5. The van der Waals surface area contributed by atoms with Crippen molar-refractivity contribution >= 4 is 11.9 Å². The molecule has 0 aliphatic heterocycles. The molecule has 0 spiro atoms. The number of aliphatic hydroxyl groups is 3. The van der Waals surface area contributed by atoms with Gasteiger partial charge in [-0.3, -0.25) is 9.59 Å². The van der Waals surface area contributed by atoms with Crippen LogP contribution in [0.3, 0.4) is 0 Å². The molecule has 0 saturated heterocycles. The summed E-state index contributed by atoms with van der Waals surface area (Å²) in [4.78, 5) is 26.5. The summed E-state index contributed by atoms with van der Waals surface area (Å²) in [5, 5.41) is 27.4. The lowest BCUT2D eigenvalue weighted by atomic mass is 10.0. The highest BCUT2D eigenvalue weighted by molar-refractivity contribution is 5.69. The van der Waals surface area contributed by atoms with Gasteiger partial charge in [0.25, 0.3) is 0 Å². The summed E-state index contributed by atoms with van der Waals surface area (Å²) in [5.41, 5.74) is 0. The van der Waals surface area contributed by atoms with Gasteiger partial charge in [0, 0.05) is 19.4 Å². The number of carbonyl (C=O) groups excluding carboxylic acids is 2. The van der Waals surface area contributed by atoms with Crippen LogP contribution < -0.4 is 0 Å². The number of hydrogen-bond acceptors (Lipinski definition) is 8. The van der Waals surface area contributed by atoms with E-state index >= 15 is 0 Å². The van der Waals surface area contributed by atoms with Crippen LogP contribution in [-0.2, 0) is 19.1 Å². The number of carbonyl (C=O) groups is 2. The molecule has 1 unspecified atom stereocenters. The first-order valence-corrected chi connectivity index (χ1v) is 17.4. The molecule has 0 aliphatic rings. The third-order valence-corrected chi connectivity index (χ3v) is 7.83. The minimum atomic E-state index is -1.03. The molecule has 0 rings (SSSR count). The number of ether oxygens (including phenoxy) is 2. The molecule has 0 aliphatic carbocycles. The van der Waals surface area contributed by atoms with Gasteiger partial charge in [-0.05, 0) is 58.0 Å². The molecule has 0 radical (unpaired) electrons. The zero-order valence-corrected chi connectivity index (χ0v) is 27.4. The lowest BCUT2D eigenvalue weighted by molar-refractivity contribution is -0.150. The molecule has 0 aromatic rings. The van der Waals surface area contributed by atoms with E-state index in [9.17, 15) is 19.8 Å². The Morgan fingerprint density at radius 2 is 1.12 bits per heavy atom. The number of aliphatic hydroxyl groups excluding tert-OH is 3. The number of nitrogens with zero attached hydrogens (tertiary/aromatic N) is 1. The van der Waals surface area contributed by atoms with Crippen LogP contribution in [0.1, 0.15) is 155 Å². The molecule has 42 heavy (non-hydrogen) atoms. The number of esters is 2. The van der Waals surface area contributed by atoms with E-state index in [1.807, 2.05) is 0 Å². The highest BCUT2D eigenvalue weighted by Crippen LogP contribution is 2.18. The second kappa shape index (κ2) is 31.2. The molecule has 0 saturated carbocycles. The topological polar surface area (TPSA) is 117 Å². The van der Waals surface area contributed by atoms with Crippen molar-refractivity contribution in [3.63, 3.8) is 0 Å². The molecule has 0 amide bonds. The molecule has 8 nitrogen and oxygen atoms in total. The van der Waals surface area contributed by atoms with Crippen LogP contribution in [0.2, 0.25) is 0 Å². The largest absolute Gasteiger partial charge is 0.463 e. The molecule has 0 fully saturated rings. The van der Waals surface area contributed by atoms with Gasteiger partial charge in [0.05, 0.1) is 13.2 Å². The van der Waals surface area contributed by atoms with E-state index in [1.165, 1.54) is 64.2 Å². The summed E-state index contributed by atoms with van der Waals surface area (Å²) in [5.74, 6) is -0.420. The SMILES string of the molecule is CCCCCCCCC(CCCCCCCC)OC(=O)CCCCCCCN(CCO)CCCC(=O)OCC(O)CO. The fourth-order valence-corrected chi connectivity index (χ4v) is 5.18. The van der Waals surface area contributed by atoms with Gasteiger partial charge in [-0.1, -0.05) is 97.3 Å². The first-order valence-electron chi connectivity index (χ1n) is 17.4. The molecule has 0 heterocycles. The zero-order valence-electron chi connectivity index (χ0n) is 27.4. The second-order valence-electron chi connectivity index (χ2n) is 11.9. The quantitative estimate of drug-likeness (QED) is 0.0575. The summed E-state index contributed by atoms with van der Waals surface area (Å²) in [6, 6.07) is 0. The Morgan fingerprint density at radius 3 is 1.69 bits per heavy atom. The minimum absolute atomic E-state index is 0.0320. The van der Waals surface area contributed by atoms with Gasteiger partial charge >= 0.3 is 11.9 Å². The Kier molecular flexibility index (Phi) is 30.3. The fraction of sp³-hybridized carbons (Fsp3) is 0.941. The van der Waals surface area contributed by atoms with Crippen molar-refractivity contribution in [1.29, 1.82) is 0 Å². The van der Waals surface area contributed by atoms with Gasteiger partial charge in [-0.2, -0.15) is 0 Å². The standard InChI is InChI=1S/C34H67NO7/c1-3-5-7-9-12-16-21-32(22-17-13-10-8-6-4-2)42-34(40)23-18-14-11-15-19-25-35(27-28-36)26-20-24-33(39)41-30-31(38)29-37/h31-32,36-38H,3-30H2,1-2H3. The monoisotopic (exact) mass is 601 g/mol. The Labute approximate surface area is 257 Å². The molecular weight excluding hydrogens is 534 g/mol. The van der Waals surface area contributed by atoms with Crippen molar-refractivity contribution in [3.8, 4) is 0 Å².